The van der Waals surface area contributed by atoms with Crippen LogP contribution in [0.1, 0.15) is 127 Å². The molecule has 136 heavy (non-hydrogen) atoms. The van der Waals surface area contributed by atoms with Crippen LogP contribution in [-0.4, -0.2) is 307 Å². The molecule has 0 radical (unpaired) electrons. The lowest BCUT2D eigenvalue weighted by atomic mass is 9.85. The molecule has 2 saturated heterocycles. The van der Waals surface area contributed by atoms with Crippen LogP contribution in [0, 0.1) is 23.2 Å². The second-order valence-electron chi connectivity index (χ2n) is 35.3. The number of hydrogen-bond acceptors (Lipinski definition) is 22. The second-order valence-corrected chi connectivity index (χ2v) is 36.3. The highest BCUT2D eigenvalue weighted by Gasteiger charge is 2.63. The minimum atomic E-state index is -1.91. The van der Waals surface area contributed by atoms with Gasteiger partial charge in [0, 0.05) is 124 Å². The van der Waals surface area contributed by atoms with Crippen LogP contribution in [0.3, 0.4) is 0 Å². The molecule has 2 saturated carbocycles. The van der Waals surface area contributed by atoms with Crippen LogP contribution in [0.4, 0.5) is 0 Å². The Kier molecular flexibility index (Phi) is 37.3. The highest BCUT2D eigenvalue weighted by atomic mass is 32.2. The summed E-state index contributed by atoms with van der Waals surface area (Å²) in [6.07, 6.45) is 6.49. The van der Waals surface area contributed by atoms with Crippen LogP contribution in [0.2, 0.25) is 0 Å². The molecule has 0 bridgehead atoms. The van der Waals surface area contributed by atoms with E-state index in [1.165, 1.54) is 40.6 Å². The summed E-state index contributed by atoms with van der Waals surface area (Å²) in [5.74, 6) is -19.4. The lowest BCUT2D eigenvalue weighted by Crippen LogP contribution is -2.62. The van der Waals surface area contributed by atoms with E-state index in [2.05, 4.69) is 89.1 Å². The van der Waals surface area contributed by atoms with Crippen molar-refractivity contribution >= 4 is 146 Å². The van der Waals surface area contributed by atoms with Crippen LogP contribution >= 0.6 is 11.8 Å². The Labute approximate surface area is 789 Å². The highest BCUT2D eigenvalue weighted by molar-refractivity contribution is 8.00. The van der Waals surface area contributed by atoms with Crippen LogP contribution in [-0.2, 0) is 112 Å². The van der Waals surface area contributed by atoms with Gasteiger partial charge in [0.1, 0.15) is 78.0 Å². The summed E-state index contributed by atoms with van der Waals surface area (Å²) >= 11 is 0.774. The fraction of sp³-hybridized carbons (Fsp3) is 0.516. The molecule has 4 aliphatic rings. The lowest BCUT2D eigenvalue weighted by molar-refractivity contribution is -0.145. The molecule has 5 heterocycles. The van der Waals surface area contributed by atoms with Crippen molar-refractivity contribution in [2.24, 2.45) is 35.0 Å². The zero-order chi connectivity index (χ0) is 98.8. The Hall–Kier alpha value is -14.0. The number of primary amides is 2. The summed E-state index contributed by atoms with van der Waals surface area (Å²) in [6.45, 7) is 3.42. The third kappa shape index (κ3) is 28.1. The topological polar surface area (TPSA) is 659 Å². The zero-order valence-corrected chi connectivity index (χ0v) is 77.9. The van der Waals surface area contributed by atoms with Crippen LogP contribution in [0.5, 0.6) is 0 Å². The number of aromatic nitrogens is 4. The average molecular weight is 1910 g/mol. The molecule has 18 amide bonds. The molecular formula is C91H125N25O19S. The molecule has 734 valence electrons. The predicted octanol–water partition coefficient (Wildman–Crippen LogP) is -3.75. The molecule has 2 aliphatic carbocycles. The zero-order valence-electron chi connectivity index (χ0n) is 77.1. The Morgan fingerprint density at radius 3 is 1.75 bits per heavy atom. The number of guanidine groups is 1. The minimum Gasteiger partial charge on any atom is -0.394 e. The maximum atomic E-state index is 15.6. The third-order valence-corrected chi connectivity index (χ3v) is 26.0. The molecule has 44 nitrogen and oxygen atoms in total. The van der Waals surface area contributed by atoms with Gasteiger partial charge in [-0.25, -0.2) is 4.98 Å². The van der Waals surface area contributed by atoms with Crippen LogP contribution in [0.15, 0.2) is 104 Å². The monoisotopic (exact) mass is 1900 g/mol. The number of nitrogens with two attached hydrogens (primary N) is 3. The molecule has 10 rings (SSSR count). The number of carbonyl (C=O) groups excluding carboxylic acids is 18. The second kappa shape index (κ2) is 48.8. The number of aliphatic hydroxyl groups is 1. The molecule has 4 fully saturated rings. The van der Waals surface area contributed by atoms with Gasteiger partial charge in [-0.05, 0) is 98.9 Å². The fourth-order valence-corrected chi connectivity index (χ4v) is 17.8. The smallest absolute Gasteiger partial charge is 0.248 e. The standard InChI is InChI=1S/C91H125N25O19S/c1-8-9-29-70-84(130)105-61(28-18-31-97-90(94)95)79(125)111-69(78(124)101-43-73(93)119)46-136-47-75(121)104-65(33-51-20-11-10-12-21-51)86(132)114(6)50(4)76(122)108-66(37-72(92)118)88(134)116-32-19-30-71(116)85(131)107-64(36-55-41-96-48-102-55)83(129)112-91(38-58(91)49(2)3)89(135)113(5)44-74(120)103-62(34-53-39-98-59-26-15-13-24-56(53)59)80(126)110-68(45-117)82(128)106-63(35-54-40-99-60-27-16-14-25-57(54)60)81(127)109-67(87(133)115(70)7)42-100-77(123)52-22-17-23-52/h10-16,20-21,24-27,39-41,48-50,52,58,61-71,98-99,117H,8-9,17-19,22-23,28-38,42-47H2,1-7H3,(H2,92,118)(H2,93,119)(H,96,102)(H,100,123)(H,101,124)(H,103,120)(H,104,121)(H,105,130)(H,106,128)(H,107,131)(H,108,122)(H,109,127)(H,110,126)(H,111,125)(H,112,129)(H4,94,95,97)/t50-,58+,61-,62-,63-,64-,65-,66-,67-,68-,69-,70-,71-,91?/m0/s1. The number of nitrogens with one attached hydrogen (secondary N) is 17. The van der Waals surface area contributed by atoms with Crippen molar-refractivity contribution in [3.63, 3.8) is 0 Å². The highest BCUT2D eigenvalue weighted by Crippen LogP contribution is 2.50. The van der Waals surface area contributed by atoms with Crippen molar-refractivity contribution in [1.29, 1.82) is 5.41 Å². The van der Waals surface area contributed by atoms with E-state index in [1.807, 2.05) is 13.8 Å². The number of amides is 18. The Morgan fingerprint density at radius 1 is 0.574 bits per heavy atom. The number of nitrogens with zero attached hydrogens (tertiary/aromatic N) is 5. The molecule has 2 aliphatic heterocycles. The summed E-state index contributed by atoms with van der Waals surface area (Å²) in [7, 11) is 3.81. The van der Waals surface area contributed by atoms with Gasteiger partial charge in [-0.15, -0.1) is 11.8 Å². The number of H-pyrrole nitrogens is 3. The van der Waals surface area contributed by atoms with E-state index in [4.69, 9.17) is 22.6 Å². The van der Waals surface area contributed by atoms with Gasteiger partial charge < -0.3 is 126 Å². The largest absolute Gasteiger partial charge is 0.394 e. The lowest BCUT2D eigenvalue weighted by Gasteiger charge is -2.33. The molecule has 24 N–H and O–H groups in total. The Bertz CT molecular complexity index is 5340. The number of carbonyl (C=O) groups is 18. The van der Waals surface area contributed by atoms with E-state index in [-0.39, 0.29) is 89.6 Å². The summed E-state index contributed by atoms with van der Waals surface area (Å²) < 4.78 is 0. The molecule has 14 atom stereocenters. The number of imidazole rings is 1. The number of para-hydroxylation sites is 2. The molecule has 3 aromatic heterocycles. The number of unbranched alkanes of at least 4 members (excludes halogenated alkanes) is 1. The van der Waals surface area contributed by atoms with Crippen molar-refractivity contribution < 1.29 is 91.4 Å². The Balaban J connectivity index is 1.01. The number of benzene rings is 3. The van der Waals surface area contributed by atoms with Gasteiger partial charge in [0.2, 0.25) is 106 Å². The van der Waals surface area contributed by atoms with Crippen molar-refractivity contribution in [2.45, 2.75) is 208 Å². The average Bonchev–Trinajstić information content (AvgIpc) is 1.56. The van der Waals surface area contributed by atoms with E-state index in [0.29, 0.717) is 63.5 Å². The van der Waals surface area contributed by atoms with Crippen LogP contribution in [0.25, 0.3) is 21.8 Å². The van der Waals surface area contributed by atoms with Gasteiger partial charge in [-0.3, -0.25) is 91.7 Å². The van der Waals surface area contributed by atoms with Gasteiger partial charge in [0.25, 0.3) is 0 Å². The van der Waals surface area contributed by atoms with Crippen molar-refractivity contribution in [3.05, 3.63) is 126 Å². The number of aromatic amines is 3. The number of fused-ring (bicyclic) bond motifs is 3. The maximum Gasteiger partial charge on any atom is 0.248 e. The molecule has 3 aromatic carbocycles. The first kappa shape index (κ1) is 104. The molecule has 1 unspecified atom stereocenters. The Morgan fingerprint density at radius 2 is 1.15 bits per heavy atom. The number of likely N-dealkylation sites (N-methyl/N-ethyl adjacent to an activating group) is 3. The molecular weight excluding hydrogens is 1780 g/mol. The fourth-order valence-electron chi connectivity index (χ4n) is 17.0. The van der Waals surface area contributed by atoms with Gasteiger partial charge >= 0.3 is 0 Å². The third-order valence-electron chi connectivity index (χ3n) is 25.0. The molecule has 45 heteroatoms. The van der Waals surface area contributed by atoms with Crippen molar-refractivity contribution in [2.75, 3.05) is 72.0 Å². The van der Waals surface area contributed by atoms with E-state index in [1.54, 1.807) is 98.2 Å². The maximum absolute atomic E-state index is 15.6. The first-order chi connectivity index (χ1) is 64.9. The summed E-state index contributed by atoms with van der Waals surface area (Å²) in [6, 6.07) is 3.21. The quantitative estimate of drug-likeness (QED) is 0.0149. The minimum absolute atomic E-state index is 0.00941. The first-order valence-corrected chi connectivity index (χ1v) is 46.7. The SMILES string of the molecule is CCCC[C@H]1C(=O)N[C@@H](CCCNC(=N)N)C(=O)N[C@H](C(=O)NCC(N)=O)CSCC(=O)N[C@@H](Cc2ccccc2)C(=O)N(C)[C@@H](C)C(=O)N[C@@H](CC(N)=O)C(=O)N2CCC[C@H]2C(=O)N[C@@H](Cc2cnc[nH]2)C(=O)NC2(C[C@@H]2C(C)C)C(=O)N(C)CC(=O)N[C@@H](Cc2c[nH]c3ccccc23)C(=O)N[C@@H](CO)C(=O)N[C@@H](Cc2c[nH]c3ccccc23)C(=O)N[C@@H](CNC(=O)C2CCC2)C(=O)N1C. The van der Waals surface area contributed by atoms with Crippen molar-refractivity contribution in [1.82, 2.24) is 109 Å². The van der Waals surface area contributed by atoms with E-state index in [0.717, 1.165) is 37.8 Å². The van der Waals surface area contributed by atoms with E-state index >= 15 is 33.6 Å². The van der Waals surface area contributed by atoms with Crippen molar-refractivity contribution in [3.8, 4) is 0 Å². The van der Waals surface area contributed by atoms with Gasteiger partial charge in [-0.1, -0.05) is 107 Å². The summed E-state index contributed by atoms with van der Waals surface area (Å²) in [4.78, 5) is 281. The summed E-state index contributed by atoms with van der Waals surface area (Å²) in [5, 5.41) is 54.8. The predicted molar refractivity (Wildman–Crippen MR) is 498 cm³/mol. The van der Waals surface area contributed by atoms with Gasteiger partial charge in [0.15, 0.2) is 5.96 Å². The number of hydrogen-bond donors (Lipinski definition) is 21. The summed E-state index contributed by atoms with van der Waals surface area (Å²) in [5.41, 5.74) is 18.2. The van der Waals surface area contributed by atoms with Gasteiger partial charge in [0.05, 0.1) is 38.2 Å². The molecule has 1 spiro atoms. The van der Waals surface area contributed by atoms with Gasteiger partial charge in [-0.2, -0.15) is 0 Å². The normalized spacial score (nSPS) is 25.1. The van der Waals surface area contributed by atoms with E-state index < -0.39 is 246 Å². The number of aliphatic hydroxyl groups excluding tert-OH is 1. The molecule has 6 aromatic rings. The first-order valence-electron chi connectivity index (χ1n) is 45.5. The van der Waals surface area contributed by atoms with Crippen LogP contribution < -0.4 is 86.3 Å². The number of thioether (sulfide) groups is 1. The van der Waals surface area contributed by atoms with E-state index in [9.17, 15) is 57.8 Å². The number of rotatable bonds is 25.